The van der Waals surface area contributed by atoms with E-state index in [9.17, 15) is 4.79 Å². The molecule has 35 heavy (non-hydrogen) atoms. The molecule has 0 saturated carbocycles. The number of aromatic nitrogens is 4. The molecule has 0 aliphatic rings. The zero-order chi connectivity index (χ0) is 24.5. The van der Waals surface area contributed by atoms with Crippen LogP contribution in [0.2, 0.25) is 15.2 Å². The summed E-state index contributed by atoms with van der Waals surface area (Å²) in [7, 11) is 0. The molecule has 0 radical (unpaired) electrons. The number of rotatable bonds is 7. The van der Waals surface area contributed by atoms with Gasteiger partial charge in [-0.25, -0.2) is 0 Å². The maximum absolute atomic E-state index is 13.6. The maximum Gasteiger partial charge on any atom is 0.258 e. The minimum absolute atomic E-state index is 0.107. The number of ether oxygens (including phenoxy) is 1. The highest BCUT2D eigenvalue weighted by molar-refractivity contribution is 6.37. The normalized spacial score (nSPS) is 11.2. The molecule has 3 heterocycles. The molecule has 2 aromatic carbocycles. The van der Waals surface area contributed by atoms with Crippen molar-refractivity contribution in [3.63, 3.8) is 0 Å². The maximum atomic E-state index is 13.6. The number of nitrogens with zero attached hydrogens (tertiary/aromatic N) is 4. The second-order valence-corrected chi connectivity index (χ2v) is 8.79. The van der Waals surface area contributed by atoms with Crippen LogP contribution in [-0.2, 0) is 6.54 Å². The van der Waals surface area contributed by atoms with Crippen LogP contribution in [0.4, 0.5) is 0 Å². The molecule has 0 saturated heterocycles. The van der Waals surface area contributed by atoms with Crippen molar-refractivity contribution in [1.29, 1.82) is 0 Å². The zero-order valence-corrected chi connectivity index (χ0v) is 20.6. The lowest BCUT2D eigenvalue weighted by Gasteiger charge is -2.10. The largest absolute Gasteiger partial charge is 0.494 e. The topological polar surface area (TPSA) is 83.0 Å². The SMILES string of the molecule is CCOc1ccc2c(c1)c(C(=O)c1noc(-c3ccncc3)n1)c(Cl)n2Cc1ccc(Cl)cc1Cl. The van der Waals surface area contributed by atoms with Crippen LogP contribution in [0.15, 0.2) is 65.4 Å². The van der Waals surface area contributed by atoms with E-state index in [-0.39, 0.29) is 22.4 Å². The minimum atomic E-state index is -0.473. The predicted molar refractivity (Wildman–Crippen MR) is 135 cm³/mol. The second kappa shape index (κ2) is 9.70. The van der Waals surface area contributed by atoms with Crippen molar-refractivity contribution in [2.45, 2.75) is 13.5 Å². The molecule has 0 fully saturated rings. The first-order valence-corrected chi connectivity index (χ1v) is 11.8. The summed E-state index contributed by atoms with van der Waals surface area (Å²) in [5.41, 5.74) is 2.42. The summed E-state index contributed by atoms with van der Waals surface area (Å²) >= 11 is 19.3. The first kappa shape index (κ1) is 23.4. The number of halogens is 3. The van der Waals surface area contributed by atoms with E-state index in [1.165, 1.54) is 0 Å². The summed E-state index contributed by atoms with van der Waals surface area (Å²) in [6.45, 7) is 2.68. The summed E-state index contributed by atoms with van der Waals surface area (Å²) in [5, 5.41) is 5.75. The molecule has 0 atom stereocenters. The van der Waals surface area contributed by atoms with Gasteiger partial charge in [-0.15, -0.1) is 0 Å². The fraction of sp³-hybridized carbons (Fsp3) is 0.120. The Bertz CT molecular complexity index is 1550. The molecule has 3 aromatic heterocycles. The molecule has 7 nitrogen and oxygen atoms in total. The van der Waals surface area contributed by atoms with Crippen LogP contribution in [0.3, 0.4) is 0 Å². The third kappa shape index (κ3) is 4.50. The Morgan fingerprint density at radius 3 is 2.60 bits per heavy atom. The van der Waals surface area contributed by atoms with Crippen LogP contribution >= 0.6 is 34.8 Å². The molecule has 5 rings (SSSR count). The summed E-state index contributed by atoms with van der Waals surface area (Å²) < 4.78 is 12.8. The van der Waals surface area contributed by atoms with E-state index in [1.807, 2.05) is 25.1 Å². The number of ketones is 1. The van der Waals surface area contributed by atoms with Crippen LogP contribution in [0, 0.1) is 0 Å². The Labute approximate surface area is 215 Å². The lowest BCUT2D eigenvalue weighted by atomic mass is 10.1. The van der Waals surface area contributed by atoms with Crippen molar-refractivity contribution < 1.29 is 14.1 Å². The molecule has 0 aliphatic carbocycles. The van der Waals surface area contributed by atoms with Crippen molar-refractivity contribution in [2.24, 2.45) is 0 Å². The molecule has 176 valence electrons. The molecule has 0 bridgehead atoms. The van der Waals surface area contributed by atoms with E-state index in [1.54, 1.807) is 47.3 Å². The Kier molecular flexibility index (Phi) is 6.47. The van der Waals surface area contributed by atoms with E-state index in [0.29, 0.717) is 39.9 Å². The minimum Gasteiger partial charge on any atom is -0.494 e. The number of benzene rings is 2. The van der Waals surface area contributed by atoms with Gasteiger partial charge in [0.2, 0.25) is 11.6 Å². The van der Waals surface area contributed by atoms with E-state index >= 15 is 0 Å². The van der Waals surface area contributed by atoms with E-state index in [4.69, 9.17) is 44.1 Å². The lowest BCUT2D eigenvalue weighted by Crippen LogP contribution is -2.06. The Hall–Kier alpha value is -3.39. The number of hydrogen-bond acceptors (Lipinski definition) is 6. The fourth-order valence-corrected chi connectivity index (χ4v) is 4.60. The smallest absolute Gasteiger partial charge is 0.258 e. The van der Waals surface area contributed by atoms with Gasteiger partial charge < -0.3 is 13.8 Å². The monoisotopic (exact) mass is 526 g/mol. The van der Waals surface area contributed by atoms with Gasteiger partial charge in [-0.05, 0) is 55.0 Å². The number of fused-ring (bicyclic) bond motifs is 1. The van der Waals surface area contributed by atoms with E-state index < -0.39 is 5.78 Å². The van der Waals surface area contributed by atoms with Gasteiger partial charge in [-0.2, -0.15) is 4.98 Å². The van der Waals surface area contributed by atoms with Crippen molar-refractivity contribution in [1.82, 2.24) is 19.7 Å². The van der Waals surface area contributed by atoms with Gasteiger partial charge in [0, 0.05) is 33.4 Å². The Balaban J connectivity index is 1.62. The first-order chi connectivity index (χ1) is 17.0. The quantitative estimate of drug-likeness (QED) is 0.218. The van der Waals surface area contributed by atoms with Gasteiger partial charge in [0.1, 0.15) is 10.9 Å². The highest BCUT2D eigenvalue weighted by Crippen LogP contribution is 2.36. The summed E-state index contributed by atoms with van der Waals surface area (Å²) in [6, 6.07) is 14.1. The average molecular weight is 528 g/mol. The molecule has 0 amide bonds. The zero-order valence-electron chi connectivity index (χ0n) is 18.3. The standard InChI is InChI=1S/C25H17Cl3N4O3/c1-2-34-17-5-6-20-18(12-17)21(23(28)32(20)13-15-3-4-16(26)11-19(15)27)22(33)24-30-25(35-31-24)14-7-9-29-10-8-14/h3-12H,2,13H2,1H3. The van der Waals surface area contributed by atoms with Crippen molar-refractivity contribution in [3.8, 4) is 17.2 Å². The highest BCUT2D eigenvalue weighted by Gasteiger charge is 2.27. The van der Waals surface area contributed by atoms with Gasteiger partial charge in [0.15, 0.2) is 0 Å². The molecule has 0 unspecified atom stereocenters. The van der Waals surface area contributed by atoms with Gasteiger partial charge in [0.25, 0.3) is 5.89 Å². The first-order valence-electron chi connectivity index (χ1n) is 10.6. The van der Waals surface area contributed by atoms with Crippen LogP contribution in [0.25, 0.3) is 22.4 Å². The van der Waals surface area contributed by atoms with Gasteiger partial charge in [0.05, 0.1) is 24.2 Å². The summed E-state index contributed by atoms with van der Waals surface area (Å²) in [6.07, 6.45) is 3.20. The van der Waals surface area contributed by atoms with Crippen molar-refractivity contribution in [2.75, 3.05) is 6.61 Å². The van der Waals surface area contributed by atoms with Crippen LogP contribution in [0.5, 0.6) is 5.75 Å². The van der Waals surface area contributed by atoms with Crippen LogP contribution in [0.1, 0.15) is 28.7 Å². The molecule has 0 N–H and O–H groups in total. The highest BCUT2D eigenvalue weighted by atomic mass is 35.5. The van der Waals surface area contributed by atoms with Crippen molar-refractivity contribution >= 4 is 51.5 Å². The number of hydrogen-bond donors (Lipinski definition) is 0. The van der Waals surface area contributed by atoms with Gasteiger partial charge in [-0.1, -0.05) is 46.0 Å². The van der Waals surface area contributed by atoms with Gasteiger partial charge in [-0.3, -0.25) is 9.78 Å². The molecule has 0 spiro atoms. The van der Waals surface area contributed by atoms with Crippen LogP contribution in [-0.4, -0.2) is 32.1 Å². The molecule has 10 heteroatoms. The second-order valence-electron chi connectivity index (χ2n) is 7.59. The Morgan fingerprint density at radius 1 is 1.06 bits per heavy atom. The molecular formula is C25H17Cl3N4O3. The predicted octanol–water partition coefficient (Wildman–Crippen LogP) is 6.72. The average Bonchev–Trinajstić information content (AvgIpc) is 3.45. The molecule has 5 aromatic rings. The summed E-state index contributed by atoms with van der Waals surface area (Å²) in [5.74, 6) is 0.235. The third-order valence-corrected chi connectivity index (χ3v) is 6.39. The van der Waals surface area contributed by atoms with Crippen molar-refractivity contribution in [3.05, 3.63) is 93.1 Å². The molecule has 0 aliphatic heterocycles. The Morgan fingerprint density at radius 2 is 1.86 bits per heavy atom. The fourth-order valence-electron chi connectivity index (χ4n) is 3.79. The van der Waals surface area contributed by atoms with E-state index in [2.05, 4.69) is 15.1 Å². The number of carbonyl (C=O) groups excluding carboxylic acids is 1. The summed E-state index contributed by atoms with van der Waals surface area (Å²) in [4.78, 5) is 21.9. The van der Waals surface area contributed by atoms with Crippen LogP contribution < -0.4 is 4.74 Å². The number of carbonyl (C=O) groups is 1. The lowest BCUT2D eigenvalue weighted by molar-refractivity contribution is 0.102. The third-order valence-electron chi connectivity index (χ3n) is 5.41. The van der Waals surface area contributed by atoms with E-state index in [0.717, 1.165) is 11.1 Å². The number of pyridine rings is 1. The molecular weight excluding hydrogens is 511 g/mol. The van der Waals surface area contributed by atoms with Gasteiger partial charge >= 0.3 is 0 Å².